The minimum Gasteiger partial charge on any atom is -0.505 e. The van der Waals surface area contributed by atoms with Gasteiger partial charge in [-0.3, -0.25) is 4.99 Å². The standard InChI is InChI=1S/C42H56N6O2/c1-39(2,3)25-41(7,8)29-21-27(37(49)35(23-29)45-44-32-17-13-12-16-31(32)43-11)20-28-22-30(42(9,10)26-40(4,5)6)24-36(38(28)50)48-46-33-18-14-15-19-34(33)47-48/h12-19,21-24,32,44-45,49-50H,20,25-26H2,1-11H3. The summed E-state index contributed by atoms with van der Waals surface area (Å²) >= 11 is 0. The Morgan fingerprint density at radius 2 is 1.28 bits per heavy atom. The molecule has 0 bridgehead atoms. The first-order chi connectivity index (χ1) is 23.3. The summed E-state index contributed by atoms with van der Waals surface area (Å²) in [6.07, 6.45) is 10.1. The second-order valence-corrected chi connectivity index (χ2v) is 17.6. The number of aromatic hydroxyl groups is 2. The third kappa shape index (κ3) is 8.47. The van der Waals surface area contributed by atoms with Crippen LogP contribution in [0.3, 0.4) is 0 Å². The van der Waals surface area contributed by atoms with Crippen molar-refractivity contribution in [1.29, 1.82) is 0 Å². The summed E-state index contributed by atoms with van der Waals surface area (Å²) in [6.45, 7) is 22.5. The molecule has 0 spiro atoms. The Balaban J connectivity index is 1.65. The fourth-order valence-electron chi connectivity index (χ4n) is 7.72. The van der Waals surface area contributed by atoms with Gasteiger partial charge in [0.25, 0.3) is 0 Å². The number of phenolic OH excluding ortho intramolecular Hbond substituents is 2. The predicted octanol–water partition coefficient (Wildman–Crippen LogP) is 9.33. The molecular formula is C42H56N6O2. The molecule has 8 nitrogen and oxygen atoms in total. The highest BCUT2D eigenvalue weighted by molar-refractivity contribution is 6.01. The minimum absolute atomic E-state index is 0.0742. The molecular weight excluding hydrogens is 621 g/mol. The zero-order chi connectivity index (χ0) is 36.6. The van der Waals surface area contributed by atoms with Crippen LogP contribution in [-0.2, 0) is 17.3 Å². The number of anilines is 1. The lowest BCUT2D eigenvalue weighted by Crippen LogP contribution is -2.39. The maximum Gasteiger partial charge on any atom is 0.146 e. The van der Waals surface area contributed by atoms with Crippen LogP contribution in [0, 0.1) is 10.8 Å². The largest absolute Gasteiger partial charge is 0.505 e. The van der Waals surface area contributed by atoms with E-state index in [0.717, 1.165) is 40.7 Å². The lowest BCUT2D eigenvalue weighted by atomic mass is 9.71. The molecule has 0 saturated heterocycles. The van der Waals surface area contributed by atoms with Crippen molar-refractivity contribution in [3.05, 3.63) is 95.1 Å². The summed E-state index contributed by atoms with van der Waals surface area (Å²) in [4.78, 5) is 5.95. The number of benzene rings is 3. The van der Waals surface area contributed by atoms with Crippen LogP contribution in [-0.4, -0.2) is 44.0 Å². The Morgan fingerprint density at radius 1 is 0.740 bits per heavy atom. The fourth-order valence-corrected chi connectivity index (χ4v) is 7.72. The number of phenols is 2. The van der Waals surface area contributed by atoms with Crippen LogP contribution in [0.25, 0.3) is 16.7 Å². The van der Waals surface area contributed by atoms with Crippen LogP contribution in [0.4, 0.5) is 5.69 Å². The van der Waals surface area contributed by atoms with E-state index in [1.54, 1.807) is 11.8 Å². The third-order valence-electron chi connectivity index (χ3n) is 9.37. The lowest BCUT2D eigenvalue weighted by Gasteiger charge is -2.34. The van der Waals surface area contributed by atoms with Gasteiger partial charge in [0.05, 0.1) is 17.4 Å². The van der Waals surface area contributed by atoms with Gasteiger partial charge in [-0.2, -0.15) is 0 Å². The third-order valence-corrected chi connectivity index (χ3v) is 9.37. The number of aliphatic imine (C=N–C) groups is 1. The molecule has 50 heavy (non-hydrogen) atoms. The lowest BCUT2D eigenvalue weighted by molar-refractivity contribution is 0.283. The maximum absolute atomic E-state index is 12.0. The highest BCUT2D eigenvalue weighted by Gasteiger charge is 2.32. The van der Waals surface area contributed by atoms with Crippen molar-refractivity contribution >= 4 is 22.4 Å². The molecule has 1 aliphatic rings. The predicted molar refractivity (Wildman–Crippen MR) is 208 cm³/mol. The van der Waals surface area contributed by atoms with Gasteiger partial charge in [0.2, 0.25) is 0 Å². The van der Waals surface area contributed by atoms with Gasteiger partial charge < -0.3 is 15.6 Å². The van der Waals surface area contributed by atoms with E-state index in [-0.39, 0.29) is 39.2 Å². The molecule has 0 aliphatic heterocycles. The van der Waals surface area contributed by atoms with E-state index in [1.165, 1.54) is 0 Å². The van der Waals surface area contributed by atoms with Gasteiger partial charge in [0, 0.05) is 24.6 Å². The molecule has 0 saturated carbocycles. The van der Waals surface area contributed by atoms with Gasteiger partial charge in [0.1, 0.15) is 28.2 Å². The van der Waals surface area contributed by atoms with Crippen molar-refractivity contribution in [2.24, 2.45) is 15.8 Å². The first kappa shape index (κ1) is 36.8. The zero-order valence-corrected chi connectivity index (χ0v) is 31.8. The van der Waals surface area contributed by atoms with Gasteiger partial charge in [-0.05, 0) is 76.0 Å². The molecule has 4 aromatic rings. The Kier molecular flexibility index (Phi) is 10.1. The average molecular weight is 677 g/mol. The zero-order valence-electron chi connectivity index (χ0n) is 31.8. The number of hydrogen-bond donors (Lipinski definition) is 4. The first-order valence-electron chi connectivity index (χ1n) is 17.6. The molecule has 0 fully saturated rings. The van der Waals surface area contributed by atoms with E-state index in [0.29, 0.717) is 28.9 Å². The Morgan fingerprint density at radius 3 is 1.82 bits per heavy atom. The van der Waals surface area contributed by atoms with Crippen molar-refractivity contribution in [3.63, 3.8) is 0 Å². The van der Waals surface area contributed by atoms with Crippen LogP contribution in [0.5, 0.6) is 11.5 Å². The summed E-state index contributed by atoms with van der Waals surface area (Å²) < 4.78 is 0. The Hall–Kier alpha value is -4.43. The number of hydrogen-bond acceptors (Lipinski definition) is 7. The molecule has 4 N–H and O–H groups in total. The van der Waals surface area contributed by atoms with E-state index in [1.807, 2.05) is 60.7 Å². The molecule has 5 rings (SSSR count). The van der Waals surface area contributed by atoms with E-state index in [4.69, 9.17) is 10.2 Å². The van der Waals surface area contributed by atoms with Crippen LogP contribution in [0.1, 0.15) is 104 Å². The van der Waals surface area contributed by atoms with Crippen LogP contribution in [0.15, 0.2) is 77.8 Å². The van der Waals surface area contributed by atoms with Crippen molar-refractivity contribution < 1.29 is 10.2 Å². The molecule has 3 aromatic carbocycles. The molecule has 1 heterocycles. The van der Waals surface area contributed by atoms with Crippen LogP contribution in [0.2, 0.25) is 0 Å². The molecule has 8 heteroatoms. The average Bonchev–Trinajstić information content (AvgIpc) is 3.44. The van der Waals surface area contributed by atoms with E-state index in [2.05, 4.69) is 97.2 Å². The van der Waals surface area contributed by atoms with E-state index in [9.17, 15) is 10.2 Å². The molecule has 1 aliphatic carbocycles. The van der Waals surface area contributed by atoms with Crippen LogP contribution < -0.4 is 10.9 Å². The number of rotatable bonds is 10. The first-order valence-corrected chi connectivity index (χ1v) is 17.6. The number of hydrazine groups is 1. The molecule has 1 aromatic heterocycles. The van der Waals surface area contributed by atoms with Crippen molar-refractivity contribution in [2.45, 2.75) is 105 Å². The van der Waals surface area contributed by atoms with Crippen molar-refractivity contribution in [3.8, 4) is 17.2 Å². The molecule has 266 valence electrons. The number of fused-ring (bicyclic) bond motifs is 1. The van der Waals surface area contributed by atoms with Crippen molar-refractivity contribution in [2.75, 3.05) is 12.5 Å². The minimum atomic E-state index is -0.224. The number of aromatic nitrogens is 3. The smallest absolute Gasteiger partial charge is 0.146 e. The monoisotopic (exact) mass is 676 g/mol. The summed E-state index contributed by atoms with van der Waals surface area (Å²) in [5, 5.41) is 33.4. The summed E-state index contributed by atoms with van der Waals surface area (Å²) in [5.74, 6) is 0.219. The Bertz CT molecular complexity index is 1920. The highest BCUT2D eigenvalue weighted by Crippen LogP contribution is 2.44. The number of nitrogens with zero attached hydrogens (tertiary/aromatic N) is 4. The highest BCUT2D eigenvalue weighted by atomic mass is 16.3. The maximum atomic E-state index is 12.0. The second kappa shape index (κ2) is 13.7. The number of nitrogens with one attached hydrogen (secondary N) is 2. The van der Waals surface area contributed by atoms with Gasteiger partial charge in [-0.25, -0.2) is 5.43 Å². The summed E-state index contributed by atoms with van der Waals surface area (Å²) in [7, 11) is 1.78. The molecule has 0 radical (unpaired) electrons. The van der Waals surface area contributed by atoms with E-state index >= 15 is 0 Å². The van der Waals surface area contributed by atoms with E-state index < -0.39 is 0 Å². The van der Waals surface area contributed by atoms with Gasteiger partial charge in [-0.1, -0.05) is 112 Å². The quantitative estimate of drug-likeness (QED) is 0.0985. The molecule has 0 amide bonds. The topological polar surface area (TPSA) is 108 Å². The molecule has 1 unspecified atom stereocenters. The number of allylic oxidation sites excluding steroid dienone is 2. The van der Waals surface area contributed by atoms with Gasteiger partial charge in [-0.15, -0.1) is 15.0 Å². The van der Waals surface area contributed by atoms with Crippen LogP contribution >= 0.6 is 0 Å². The van der Waals surface area contributed by atoms with Gasteiger partial charge >= 0.3 is 0 Å². The molecule has 1 atom stereocenters. The summed E-state index contributed by atoms with van der Waals surface area (Å²) in [5.41, 5.74) is 13.5. The second-order valence-electron chi connectivity index (χ2n) is 17.6. The van der Waals surface area contributed by atoms with Crippen molar-refractivity contribution in [1.82, 2.24) is 20.4 Å². The Labute approximate surface area is 298 Å². The van der Waals surface area contributed by atoms with Gasteiger partial charge in [0.15, 0.2) is 0 Å². The fraction of sp³-hybridized carbons (Fsp3) is 0.452. The normalized spacial score (nSPS) is 16.5. The summed E-state index contributed by atoms with van der Waals surface area (Å²) in [6, 6.07) is 15.8. The SMILES string of the molecule is CN=C1C=CC=CC1NNc1cc(C(C)(C)CC(C)(C)C)cc(Cc2cc(C(C)(C)CC(C)(C)C)cc(-n3nc4ccccc4n3)c2O)c1O.